The largest absolute Gasteiger partial charge is 0.357 e. The lowest BCUT2D eigenvalue weighted by Gasteiger charge is -2.54. The molecule has 4 aliphatic carbocycles. The molecule has 0 unspecified atom stereocenters. The zero-order valence-electron chi connectivity index (χ0n) is 16.3. The van der Waals surface area contributed by atoms with Gasteiger partial charge >= 0.3 is 0 Å². The second-order valence-electron chi connectivity index (χ2n) is 9.08. The van der Waals surface area contributed by atoms with Crippen LogP contribution in [0.25, 0.3) is 0 Å². The first-order valence-corrected chi connectivity index (χ1v) is 11.9. The van der Waals surface area contributed by atoms with Gasteiger partial charge in [-0.15, -0.1) is 11.8 Å². The van der Waals surface area contributed by atoms with Crippen LogP contribution in [0.4, 0.5) is 5.82 Å². The van der Waals surface area contributed by atoms with Crippen molar-refractivity contribution in [1.29, 1.82) is 0 Å². The molecule has 4 nitrogen and oxygen atoms in total. The average molecular weight is 386 g/mol. The van der Waals surface area contributed by atoms with Gasteiger partial charge in [-0.2, -0.15) is 0 Å². The summed E-state index contributed by atoms with van der Waals surface area (Å²) in [5.41, 5.74) is 0.776. The Morgan fingerprint density at radius 2 is 1.78 bits per heavy atom. The molecule has 4 bridgehead atoms. The normalized spacial score (nSPS) is 34.3. The predicted octanol–water partition coefficient (Wildman–Crippen LogP) is 4.35. The van der Waals surface area contributed by atoms with E-state index in [2.05, 4.69) is 23.2 Å². The molecule has 5 fully saturated rings. The zero-order valence-corrected chi connectivity index (χ0v) is 17.1. The molecule has 1 amide bonds. The molecule has 1 aromatic heterocycles. The molecule has 1 saturated heterocycles. The molecule has 0 spiro atoms. The second-order valence-corrected chi connectivity index (χ2v) is 10.3. The van der Waals surface area contributed by atoms with E-state index in [1.165, 1.54) is 44.9 Å². The van der Waals surface area contributed by atoms with Crippen LogP contribution in [0, 0.1) is 23.7 Å². The highest BCUT2D eigenvalue weighted by molar-refractivity contribution is 7.99. The number of carbonyl (C=O) groups is 1. The molecule has 4 saturated carbocycles. The number of amides is 1. The van der Waals surface area contributed by atoms with Gasteiger partial charge in [0.2, 0.25) is 0 Å². The highest BCUT2D eigenvalue weighted by atomic mass is 32.2. The monoisotopic (exact) mass is 385 g/mol. The Labute approximate surface area is 166 Å². The fraction of sp³-hybridized carbons (Fsp3) is 0.727. The molecule has 2 heterocycles. The molecule has 6 rings (SSSR count). The highest BCUT2D eigenvalue weighted by Crippen LogP contribution is 2.53. The predicted molar refractivity (Wildman–Crippen MR) is 110 cm³/mol. The Hall–Kier alpha value is -1.23. The van der Waals surface area contributed by atoms with E-state index in [4.69, 9.17) is 4.98 Å². The third kappa shape index (κ3) is 3.37. The lowest BCUT2D eigenvalue weighted by Crippen LogP contribution is -2.55. The maximum absolute atomic E-state index is 13.2. The van der Waals surface area contributed by atoms with Gasteiger partial charge in [0.05, 0.1) is 5.56 Å². The molecule has 1 aromatic rings. The number of nitrogens with one attached hydrogen (secondary N) is 1. The molecular weight excluding hydrogens is 354 g/mol. The van der Waals surface area contributed by atoms with Crippen LogP contribution in [0.2, 0.25) is 0 Å². The van der Waals surface area contributed by atoms with Crippen molar-refractivity contribution in [2.45, 2.75) is 62.9 Å². The summed E-state index contributed by atoms with van der Waals surface area (Å²) in [6.07, 6.45) is 9.27. The third-order valence-corrected chi connectivity index (χ3v) is 8.20. The van der Waals surface area contributed by atoms with Gasteiger partial charge in [-0.05, 0) is 86.5 Å². The molecule has 0 radical (unpaired) electrons. The van der Waals surface area contributed by atoms with Crippen molar-refractivity contribution in [1.82, 2.24) is 10.3 Å². The zero-order chi connectivity index (χ0) is 18.4. The van der Waals surface area contributed by atoms with Crippen LogP contribution in [-0.4, -0.2) is 35.8 Å². The minimum Gasteiger partial charge on any atom is -0.357 e. The van der Waals surface area contributed by atoms with Gasteiger partial charge in [-0.3, -0.25) is 4.79 Å². The highest BCUT2D eigenvalue weighted by Gasteiger charge is 2.48. The van der Waals surface area contributed by atoms with E-state index in [0.717, 1.165) is 47.1 Å². The number of hydrogen-bond acceptors (Lipinski definition) is 4. The maximum Gasteiger partial charge on any atom is 0.254 e. The summed E-state index contributed by atoms with van der Waals surface area (Å²) < 4.78 is 0. The summed E-state index contributed by atoms with van der Waals surface area (Å²) >= 11 is 1.70. The Bertz CT molecular complexity index is 688. The van der Waals surface area contributed by atoms with Crippen molar-refractivity contribution in [2.24, 2.45) is 23.7 Å². The molecule has 27 heavy (non-hydrogen) atoms. The van der Waals surface area contributed by atoms with Crippen molar-refractivity contribution in [3.63, 3.8) is 0 Å². The molecule has 146 valence electrons. The molecule has 1 N–H and O–H groups in total. The van der Waals surface area contributed by atoms with Crippen LogP contribution < -0.4 is 10.2 Å². The maximum atomic E-state index is 13.2. The van der Waals surface area contributed by atoms with E-state index >= 15 is 0 Å². The third-order valence-electron chi connectivity index (χ3n) is 7.33. The van der Waals surface area contributed by atoms with Crippen LogP contribution in [0.3, 0.4) is 0 Å². The van der Waals surface area contributed by atoms with Gasteiger partial charge in [0.25, 0.3) is 5.91 Å². The number of rotatable bonds is 5. The first-order chi connectivity index (χ1) is 13.2. The SMILES string of the molecule is CCSc1nc(N2CCCC2)ccc1C(=O)NC1C2CC3CC(C2)CC1C3. The fourth-order valence-corrected chi connectivity index (χ4v) is 7.11. The minimum atomic E-state index is 0.101. The number of nitrogens with zero attached hydrogens (tertiary/aromatic N) is 2. The van der Waals surface area contributed by atoms with Gasteiger partial charge in [0.15, 0.2) is 0 Å². The van der Waals surface area contributed by atoms with E-state index in [1.54, 1.807) is 11.8 Å². The molecule has 1 aliphatic heterocycles. The number of aromatic nitrogens is 1. The summed E-state index contributed by atoms with van der Waals surface area (Å²) in [4.78, 5) is 20.4. The molecule has 0 atom stereocenters. The summed E-state index contributed by atoms with van der Waals surface area (Å²) in [6, 6.07) is 4.46. The Morgan fingerprint density at radius 3 is 2.41 bits per heavy atom. The number of hydrogen-bond donors (Lipinski definition) is 1. The molecular formula is C22H31N3OS. The van der Waals surface area contributed by atoms with Gasteiger partial charge < -0.3 is 10.2 Å². The van der Waals surface area contributed by atoms with Crippen LogP contribution in [0.1, 0.15) is 62.2 Å². The van der Waals surface area contributed by atoms with Crippen LogP contribution in [0.15, 0.2) is 17.2 Å². The summed E-state index contributed by atoms with van der Waals surface area (Å²) in [7, 11) is 0. The van der Waals surface area contributed by atoms with Crippen molar-refractivity contribution in [3.05, 3.63) is 17.7 Å². The summed E-state index contributed by atoms with van der Waals surface area (Å²) in [5.74, 6) is 5.38. The van der Waals surface area contributed by atoms with E-state index in [0.29, 0.717) is 17.9 Å². The molecule has 5 aliphatic rings. The number of thioether (sulfide) groups is 1. The Kier molecular flexibility index (Phi) is 4.83. The lowest BCUT2D eigenvalue weighted by atomic mass is 9.54. The number of anilines is 1. The average Bonchev–Trinajstić information content (AvgIpc) is 3.19. The van der Waals surface area contributed by atoms with E-state index < -0.39 is 0 Å². The fourth-order valence-electron chi connectivity index (χ4n) is 6.36. The minimum absolute atomic E-state index is 0.101. The van der Waals surface area contributed by atoms with Gasteiger partial charge in [-0.1, -0.05) is 6.92 Å². The lowest BCUT2D eigenvalue weighted by molar-refractivity contribution is -0.0120. The van der Waals surface area contributed by atoms with Gasteiger partial charge in [0, 0.05) is 19.1 Å². The standard InChI is InChI=1S/C22H31N3OS/c1-2-27-22-18(5-6-19(23-22)25-7-3-4-8-25)21(26)24-20-16-10-14-9-15(12-16)13-17(20)11-14/h5-6,14-17,20H,2-4,7-13H2,1H3,(H,24,26). The van der Waals surface area contributed by atoms with Gasteiger partial charge in [0.1, 0.15) is 10.8 Å². The number of carbonyl (C=O) groups excluding carboxylic acids is 1. The quantitative estimate of drug-likeness (QED) is 0.766. The first-order valence-electron chi connectivity index (χ1n) is 10.9. The molecule has 0 aromatic carbocycles. The summed E-state index contributed by atoms with van der Waals surface area (Å²) in [5, 5.41) is 4.37. The molecule has 5 heteroatoms. The van der Waals surface area contributed by atoms with E-state index in [-0.39, 0.29) is 5.91 Å². The van der Waals surface area contributed by atoms with Crippen LogP contribution in [0.5, 0.6) is 0 Å². The van der Waals surface area contributed by atoms with E-state index in [9.17, 15) is 4.79 Å². The van der Waals surface area contributed by atoms with Crippen LogP contribution >= 0.6 is 11.8 Å². The van der Waals surface area contributed by atoms with Gasteiger partial charge in [-0.25, -0.2) is 4.98 Å². The Morgan fingerprint density at radius 1 is 1.11 bits per heavy atom. The first kappa shape index (κ1) is 17.8. The van der Waals surface area contributed by atoms with Crippen LogP contribution in [-0.2, 0) is 0 Å². The topological polar surface area (TPSA) is 45.2 Å². The Balaban J connectivity index is 1.34. The van der Waals surface area contributed by atoms with E-state index in [1.807, 2.05) is 6.07 Å². The van der Waals surface area contributed by atoms with Crippen molar-refractivity contribution >= 4 is 23.5 Å². The smallest absolute Gasteiger partial charge is 0.254 e. The second kappa shape index (κ2) is 7.31. The van der Waals surface area contributed by atoms with Crippen molar-refractivity contribution in [2.75, 3.05) is 23.7 Å². The van der Waals surface area contributed by atoms with Crippen molar-refractivity contribution < 1.29 is 4.79 Å². The summed E-state index contributed by atoms with van der Waals surface area (Å²) in [6.45, 7) is 4.31. The van der Waals surface area contributed by atoms with Crippen molar-refractivity contribution in [3.8, 4) is 0 Å². The number of pyridine rings is 1.